The molecule has 0 radical (unpaired) electrons. The van der Waals surface area contributed by atoms with E-state index in [1.807, 2.05) is 11.8 Å². The fourth-order valence-corrected chi connectivity index (χ4v) is 3.52. The number of hydrogen-bond donors (Lipinski definition) is 2. The number of non-ortho nitro benzene ring substituents is 1. The molecule has 1 aromatic heterocycles. The standard InChI is InChI=1S/C23H22N4O6/c1-15-4-5-16(24-23(29)21-3-2-10-33-21)13-19(15)25-22(28)18-14-17(27(30)31)6-7-20(18)26-8-11-32-12-9-26/h2-7,10,13-14H,8-9,11-12H2,1H3,(H,24,29)(H,25,28). The normalized spacial score (nSPS) is 13.4. The van der Waals surface area contributed by atoms with Gasteiger partial charge in [-0.15, -0.1) is 0 Å². The van der Waals surface area contributed by atoms with Gasteiger partial charge in [-0.05, 0) is 42.8 Å². The summed E-state index contributed by atoms with van der Waals surface area (Å²) < 4.78 is 10.5. The molecule has 1 fully saturated rings. The van der Waals surface area contributed by atoms with E-state index in [1.54, 1.807) is 36.4 Å². The van der Waals surface area contributed by atoms with Crippen LogP contribution in [0.1, 0.15) is 26.5 Å². The van der Waals surface area contributed by atoms with E-state index in [9.17, 15) is 19.7 Å². The van der Waals surface area contributed by atoms with Crippen LogP contribution in [0.3, 0.4) is 0 Å². The molecule has 2 heterocycles. The number of nitrogens with zero attached hydrogens (tertiary/aromatic N) is 2. The molecule has 0 atom stereocenters. The van der Waals surface area contributed by atoms with E-state index < -0.39 is 16.7 Å². The van der Waals surface area contributed by atoms with Gasteiger partial charge in [0, 0.05) is 36.6 Å². The Labute approximate surface area is 189 Å². The molecule has 2 N–H and O–H groups in total. The van der Waals surface area contributed by atoms with Crippen molar-refractivity contribution in [2.45, 2.75) is 6.92 Å². The number of hydrogen-bond acceptors (Lipinski definition) is 7. The average molecular weight is 450 g/mol. The van der Waals surface area contributed by atoms with Crippen molar-refractivity contribution in [2.24, 2.45) is 0 Å². The number of rotatable bonds is 6. The number of amides is 2. The lowest BCUT2D eigenvalue weighted by Crippen LogP contribution is -2.37. The van der Waals surface area contributed by atoms with E-state index in [4.69, 9.17) is 9.15 Å². The molecule has 1 saturated heterocycles. The Balaban J connectivity index is 1.60. The number of aryl methyl sites for hydroxylation is 1. The number of nitrogens with one attached hydrogen (secondary N) is 2. The first-order chi connectivity index (χ1) is 15.9. The molecule has 2 amide bonds. The topological polar surface area (TPSA) is 127 Å². The summed E-state index contributed by atoms with van der Waals surface area (Å²) in [6, 6.07) is 12.5. The summed E-state index contributed by atoms with van der Waals surface area (Å²) >= 11 is 0. The summed E-state index contributed by atoms with van der Waals surface area (Å²) in [6.45, 7) is 3.98. The molecule has 0 spiro atoms. The maximum absolute atomic E-state index is 13.2. The molecule has 0 aliphatic carbocycles. The van der Waals surface area contributed by atoms with Crippen molar-refractivity contribution in [1.29, 1.82) is 0 Å². The molecule has 1 aliphatic heterocycles. The Morgan fingerprint density at radius 2 is 1.82 bits per heavy atom. The summed E-state index contributed by atoms with van der Waals surface area (Å²) in [5, 5.41) is 16.9. The van der Waals surface area contributed by atoms with Crippen LogP contribution in [0.15, 0.2) is 59.2 Å². The summed E-state index contributed by atoms with van der Waals surface area (Å²) in [5.74, 6) is -0.750. The quantitative estimate of drug-likeness (QED) is 0.431. The predicted octanol–water partition coefficient (Wildman–Crippen LogP) is 3.84. The number of carbonyl (C=O) groups is 2. The van der Waals surface area contributed by atoms with Gasteiger partial charge in [0.1, 0.15) is 0 Å². The fourth-order valence-electron chi connectivity index (χ4n) is 3.52. The maximum Gasteiger partial charge on any atom is 0.291 e. The number of carbonyl (C=O) groups excluding carboxylic acids is 2. The number of anilines is 3. The van der Waals surface area contributed by atoms with E-state index in [2.05, 4.69) is 10.6 Å². The molecule has 4 rings (SSSR count). The first-order valence-corrected chi connectivity index (χ1v) is 10.3. The van der Waals surface area contributed by atoms with Crippen molar-refractivity contribution >= 4 is 34.6 Å². The second kappa shape index (κ2) is 9.53. The van der Waals surface area contributed by atoms with Gasteiger partial charge in [0.15, 0.2) is 5.76 Å². The van der Waals surface area contributed by atoms with Gasteiger partial charge in [0.2, 0.25) is 0 Å². The van der Waals surface area contributed by atoms with Crippen molar-refractivity contribution in [3.05, 3.63) is 81.8 Å². The Kier molecular flexibility index (Phi) is 6.36. The Morgan fingerprint density at radius 1 is 1.03 bits per heavy atom. The molecule has 0 unspecified atom stereocenters. The Bertz CT molecular complexity index is 1190. The van der Waals surface area contributed by atoms with Crippen molar-refractivity contribution in [2.75, 3.05) is 41.8 Å². The Hall–Kier alpha value is -4.18. The minimum absolute atomic E-state index is 0.160. The number of ether oxygens (including phenoxy) is 1. The summed E-state index contributed by atoms with van der Waals surface area (Å²) in [7, 11) is 0. The van der Waals surface area contributed by atoms with Crippen LogP contribution < -0.4 is 15.5 Å². The first kappa shape index (κ1) is 22.0. The molecular weight excluding hydrogens is 428 g/mol. The SMILES string of the molecule is Cc1ccc(NC(=O)c2ccco2)cc1NC(=O)c1cc([N+](=O)[O-])ccc1N1CCOCC1. The van der Waals surface area contributed by atoms with Crippen LogP contribution in [0, 0.1) is 17.0 Å². The molecule has 170 valence electrons. The largest absolute Gasteiger partial charge is 0.459 e. The second-order valence-electron chi connectivity index (χ2n) is 7.47. The van der Waals surface area contributed by atoms with Gasteiger partial charge in [0.05, 0.1) is 35.7 Å². The third kappa shape index (κ3) is 5.01. The molecule has 1 aliphatic rings. The predicted molar refractivity (Wildman–Crippen MR) is 122 cm³/mol. The van der Waals surface area contributed by atoms with Crippen molar-refractivity contribution in [3.63, 3.8) is 0 Å². The highest BCUT2D eigenvalue weighted by Gasteiger charge is 2.22. The van der Waals surface area contributed by atoms with Gasteiger partial charge in [-0.2, -0.15) is 0 Å². The molecule has 0 bridgehead atoms. The lowest BCUT2D eigenvalue weighted by Gasteiger charge is -2.30. The average Bonchev–Trinajstić information content (AvgIpc) is 3.36. The van der Waals surface area contributed by atoms with Crippen molar-refractivity contribution in [3.8, 4) is 0 Å². The summed E-state index contributed by atoms with van der Waals surface area (Å²) in [6.07, 6.45) is 1.40. The van der Waals surface area contributed by atoms with Gasteiger partial charge in [-0.1, -0.05) is 6.07 Å². The lowest BCUT2D eigenvalue weighted by molar-refractivity contribution is -0.384. The summed E-state index contributed by atoms with van der Waals surface area (Å²) in [4.78, 5) is 38.2. The smallest absolute Gasteiger partial charge is 0.291 e. The molecule has 33 heavy (non-hydrogen) atoms. The molecule has 10 heteroatoms. The third-order valence-corrected chi connectivity index (χ3v) is 5.28. The number of morpholine rings is 1. The van der Waals surface area contributed by atoms with Crippen LogP contribution >= 0.6 is 0 Å². The van der Waals surface area contributed by atoms with E-state index >= 15 is 0 Å². The molecule has 0 saturated carbocycles. The van der Waals surface area contributed by atoms with Gasteiger partial charge < -0.3 is 24.7 Å². The van der Waals surface area contributed by atoms with E-state index in [1.165, 1.54) is 18.4 Å². The zero-order valence-corrected chi connectivity index (χ0v) is 17.9. The van der Waals surface area contributed by atoms with Crippen molar-refractivity contribution in [1.82, 2.24) is 0 Å². The molecule has 10 nitrogen and oxygen atoms in total. The molecular formula is C23H22N4O6. The maximum atomic E-state index is 13.2. The number of nitro groups is 1. The van der Waals surface area contributed by atoms with Crippen molar-refractivity contribution < 1.29 is 23.7 Å². The molecule has 2 aromatic carbocycles. The highest BCUT2D eigenvalue weighted by molar-refractivity contribution is 6.09. The number of furan rings is 1. The minimum Gasteiger partial charge on any atom is -0.459 e. The zero-order valence-electron chi connectivity index (χ0n) is 17.9. The van der Waals surface area contributed by atoms with Gasteiger partial charge in [-0.25, -0.2) is 0 Å². The van der Waals surface area contributed by atoms with Crippen LogP contribution in [0.5, 0.6) is 0 Å². The first-order valence-electron chi connectivity index (χ1n) is 10.3. The molecule has 3 aromatic rings. The van der Waals surface area contributed by atoms with Gasteiger partial charge in [-0.3, -0.25) is 19.7 Å². The van der Waals surface area contributed by atoms with Crippen LogP contribution in [-0.2, 0) is 4.74 Å². The van der Waals surface area contributed by atoms with Crippen LogP contribution in [-0.4, -0.2) is 43.0 Å². The highest BCUT2D eigenvalue weighted by atomic mass is 16.6. The van der Waals surface area contributed by atoms with Gasteiger partial charge >= 0.3 is 0 Å². The third-order valence-electron chi connectivity index (χ3n) is 5.28. The zero-order chi connectivity index (χ0) is 23.4. The van der Waals surface area contributed by atoms with Crippen LogP contribution in [0.25, 0.3) is 0 Å². The second-order valence-corrected chi connectivity index (χ2v) is 7.47. The highest BCUT2D eigenvalue weighted by Crippen LogP contribution is 2.28. The monoisotopic (exact) mass is 450 g/mol. The van der Waals surface area contributed by atoms with E-state index in [0.29, 0.717) is 43.4 Å². The van der Waals surface area contributed by atoms with Gasteiger partial charge in [0.25, 0.3) is 17.5 Å². The Morgan fingerprint density at radius 3 is 2.52 bits per heavy atom. The van der Waals surface area contributed by atoms with Crippen LogP contribution in [0.4, 0.5) is 22.7 Å². The number of nitro benzene ring substituents is 1. The summed E-state index contributed by atoms with van der Waals surface area (Å²) in [5.41, 5.74) is 2.31. The van der Waals surface area contributed by atoms with E-state index in [0.717, 1.165) is 5.56 Å². The minimum atomic E-state index is -0.532. The fraction of sp³-hybridized carbons (Fsp3) is 0.217. The lowest BCUT2D eigenvalue weighted by atomic mass is 10.1. The van der Waals surface area contributed by atoms with Crippen LogP contribution in [0.2, 0.25) is 0 Å². The number of benzene rings is 2. The van der Waals surface area contributed by atoms with E-state index in [-0.39, 0.29) is 17.0 Å².